The summed E-state index contributed by atoms with van der Waals surface area (Å²) in [6.45, 7) is 0. The first kappa shape index (κ1) is 5.34. The number of nitrogens with zero attached hydrogens (tertiary/aromatic N) is 1. The first-order valence-corrected chi connectivity index (χ1v) is 3.02. The average molecular weight is 137 g/mol. The fourth-order valence-electron chi connectivity index (χ4n) is 0.901. The quantitative estimate of drug-likeness (QED) is 0.534. The van der Waals surface area contributed by atoms with Gasteiger partial charge in [0, 0.05) is 18.2 Å². The van der Waals surface area contributed by atoms with Gasteiger partial charge < -0.3 is 10.5 Å². The average Bonchev–Trinajstić information content (AvgIpc) is 2.33. The van der Waals surface area contributed by atoms with Crippen molar-refractivity contribution < 1.29 is 4.74 Å². The first-order chi connectivity index (χ1) is 4.86. The van der Waals surface area contributed by atoms with Crippen LogP contribution < -0.4 is 10.5 Å². The van der Waals surface area contributed by atoms with Gasteiger partial charge in [-0.15, -0.1) is 5.10 Å². The maximum absolute atomic E-state index is 5.39. The normalized spacial score (nSPS) is 15.4. The van der Waals surface area contributed by atoms with E-state index in [4.69, 9.17) is 10.5 Å². The molecule has 4 nitrogen and oxygen atoms in total. The van der Waals surface area contributed by atoms with E-state index in [0.29, 0.717) is 11.8 Å². The molecule has 0 aliphatic carbocycles. The number of hydrogen-bond acceptors (Lipinski definition) is 3. The van der Waals surface area contributed by atoms with Gasteiger partial charge in [0.1, 0.15) is 0 Å². The first-order valence-electron chi connectivity index (χ1n) is 3.02. The van der Waals surface area contributed by atoms with E-state index in [1.807, 2.05) is 6.08 Å². The molecule has 0 saturated heterocycles. The molecule has 2 heterocycles. The molecule has 2 rings (SSSR count). The van der Waals surface area contributed by atoms with Crippen molar-refractivity contribution in [2.75, 3.05) is 0 Å². The summed E-state index contributed by atoms with van der Waals surface area (Å²) in [5, 5.41) is 6.54. The van der Waals surface area contributed by atoms with E-state index in [-0.39, 0.29) is 0 Å². The van der Waals surface area contributed by atoms with Gasteiger partial charge >= 0.3 is 0 Å². The molecule has 0 radical (unpaired) electrons. The Morgan fingerprint density at radius 2 is 2.60 bits per heavy atom. The Bertz CT molecular complexity index is 276. The van der Waals surface area contributed by atoms with Crippen molar-refractivity contribution in [1.29, 1.82) is 0 Å². The lowest BCUT2D eigenvalue weighted by molar-refractivity contribution is 0.388. The molecular formula is C6H7N3O. The van der Waals surface area contributed by atoms with Crippen LogP contribution >= 0.6 is 0 Å². The van der Waals surface area contributed by atoms with Crippen LogP contribution in [0.5, 0.6) is 5.88 Å². The molecule has 0 unspecified atom stereocenters. The van der Waals surface area contributed by atoms with Gasteiger partial charge in [0.15, 0.2) is 5.88 Å². The molecule has 10 heavy (non-hydrogen) atoms. The topological polar surface area (TPSA) is 63.9 Å². The summed E-state index contributed by atoms with van der Waals surface area (Å²) in [5.41, 5.74) is 6.44. The maximum atomic E-state index is 5.39. The summed E-state index contributed by atoms with van der Waals surface area (Å²) in [6.07, 6.45) is 4.42. The molecule has 0 atom stereocenters. The predicted octanol–water partition coefficient (Wildman–Crippen LogP) is 0.145. The van der Waals surface area contributed by atoms with E-state index in [2.05, 4.69) is 10.2 Å². The second-order valence-corrected chi connectivity index (χ2v) is 2.13. The highest BCUT2D eigenvalue weighted by atomic mass is 16.5. The number of rotatable bonds is 0. The summed E-state index contributed by atoms with van der Waals surface area (Å²) in [7, 11) is 0. The van der Waals surface area contributed by atoms with Crippen LogP contribution in [0.15, 0.2) is 18.2 Å². The predicted molar refractivity (Wildman–Crippen MR) is 35.2 cm³/mol. The zero-order valence-electron chi connectivity index (χ0n) is 5.29. The van der Waals surface area contributed by atoms with Gasteiger partial charge in [-0.05, 0) is 6.08 Å². The van der Waals surface area contributed by atoms with E-state index in [1.165, 1.54) is 0 Å². The summed E-state index contributed by atoms with van der Waals surface area (Å²) in [5.74, 6) is 1.03. The summed E-state index contributed by atoms with van der Waals surface area (Å²) in [4.78, 5) is 0. The SMILES string of the molecule is NC1=CCc2c[nH]nc2O1. The third kappa shape index (κ3) is 0.655. The molecule has 0 spiro atoms. The van der Waals surface area contributed by atoms with E-state index >= 15 is 0 Å². The number of hydrogen-bond donors (Lipinski definition) is 2. The molecule has 1 aromatic rings. The van der Waals surface area contributed by atoms with Gasteiger partial charge in [-0.2, -0.15) is 0 Å². The molecule has 1 aliphatic rings. The molecule has 1 aromatic heterocycles. The Labute approximate surface area is 57.7 Å². The standard InChI is InChI=1S/C6H7N3O/c7-5-2-1-4-3-8-9-6(4)10-5/h2-3H,1,7H2,(H,8,9). The Morgan fingerprint density at radius 3 is 3.50 bits per heavy atom. The van der Waals surface area contributed by atoms with E-state index < -0.39 is 0 Å². The zero-order valence-corrected chi connectivity index (χ0v) is 5.29. The summed E-state index contributed by atoms with van der Waals surface area (Å²) >= 11 is 0. The third-order valence-electron chi connectivity index (χ3n) is 1.42. The molecule has 4 heteroatoms. The molecule has 52 valence electrons. The fourth-order valence-corrected chi connectivity index (χ4v) is 0.901. The van der Waals surface area contributed by atoms with Crippen LogP contribution in [0, 0.1) is 0 Å². The third-order valence-corrected chi connectivity index (χ3v) is 1.42. The van der Waals surface area contributed by atoms with Crippen LogP contribution in [0.2, 0.25) is 0 Å². The Morgan fingerprint density at radius 1 is 1.70 bits per heavy atom. The van der Waals surface area contributed by atoms with Gasteiger partial charge in [0.2, 0.25) is 5.88 Å². The van der Waals surface area contributed by atoms with Crippen LogP contribution in [-0.2, 0) is 6.42 Å². The number of ether oxygens (including phenoxy) is 1. The number of nitrogens with two attached hydrogens (primary N) is 1. The minimum atomic E-state index is 0.430. The van der Waals surface area contributed by atoms with Crippen molar-refractivity contribution in [3.05, 3.63) is 23.7 Å². The lowest BCUT2D eigenvalue weighted by atomic mass is 10.2. The number of fused-ring (bicyclic) bond motifs is 1. The highest BCUT2D eigenvalue weighted by Crippen LogP contribution is 2.20. The lowest BCUT2D eigenvalue weighted by Crippen LogP contribution is -2.10. The number of aromatic nitrogens is 2. The molecule has 0 fully saturated rings. The van der Waals surface area contributed by atoms with Gasteiger partial charge in [-0.25, -0.2) is 0 Å². The molecular weight excluding hydrogens is 130 g/mol. The fraction of sp³-hybridized carbons (Fsp3) is 0.167. The van der Waals surface area contributed by atoms with Crippen molar-refractivity contribution >= 4 is 0 Å². The summed E-state index contributed by atoms with van der Waals surface area (Å²) in [6, 6.07) is 0. The van der Waals surface area contributed by atoms with E-state index in [1.54, 1.807) is 6.20 Å². The minimum Gasteiger partial charge on any atom is -0.422 e. The number of nitrogens with one attached hydrogen (secondary N) is 1. The van der Waals surface area contributed by atoms with Crippen molar-refractivity contribution in [3.8, 4) is 5.88 Å². The van der Waals surface area contributed by atoms with Crippen molar-refractivity contribution in [1.82, 2.24) is 10.2 Å². The van der Waals surface area contributed by atoms with Crippen molar-refractivity contribution in [3.63, 3.8) is 0 Å². The minimum absolute atomic E-state index is 0.430. The monoisotopic (exact) mass is 137 g/mol. The number of allylic oxidation sites excluding steroid dienone is 1. The molecule has 0 saturated carbocycles. The highest BCUT2D eigenvalue weighted by Gasteiger charge is 2.11. The molecule has 0 amide bonds. The number of H-pyrrole nitrogens is 1. The van der Waals surface area contributed by atoms with Crippen LogP contribution in [0.25, 0.3) is 0 Å². The molecule has 1 aliphatic heterocycles. The summed E-state index contributed by atoms with van der Waals surface area (Å²) < 4.78 is 5.07. The van der Waals surface area contributed by atoms with Crippen molar-refractivity contribution in [2.24, 2.45) is 5.73 Å². The number of aromatic amines is 1. The van der Waals surface area contributed by atoms with Gasteiger partial charge in [0.25, 0.3) is 0 Å². The Hall–Kier alpha value is -1.45. The van der Waals surface area contributed by atoms with Gasteiger partial charge in [0.05, 0.1) is 0 Å². The molecule has 0 aromatic carbocycles. The van der Waals surface area contributed by atoms with Crippen molar-refractivity contribution in [2.45, 2.75) is 6.42 Å². The zero-order chi connectivity index (χ0) is 6.97. The lowest BCUT2D eigenvalue weighted by Gasteiger charge is -2.07. The van der Waals surface area contributed by atoms with Gasteiger partial charge in [-0.3, -0.25) is 5.10 Å². The maximum Gasteiger partial charge on any atom is 0.243 e. The van der Waals surface area contributed by atoms with Crippen LogP contribution in [0.4, 0.5) is 0 Å². The largest absolute Gasteiger partial charge is 0.422 e. The van der Waals surface area contributed by atoms with Gasteiger partial charge in [-0.1, -0.05) is 0 Å². The smallest absolute Gasteiger partial charge is 0.243 e. The second-order valence-electron chi connectivity index (χ2n) is 2.13. The molecule has 3 N–H and O–H groups in total. The Kier molecular flexibility index (Phi) is 0.943. The second kappa shape index (κ2) is 1.76. The van der Waals surface area contributed by atoms with E-state index in [0.717, 1.165) is 12.0 Å². The van der Waals surface area contributed by atoms with Crippen LogP contribution in [0.3, 0.4) is 0 Å². The Balaban J connectivity index is 2.39. The highest BCUT2D eigenvalue weighted by molar-refractivity contribution is 5.29. The van der Waals surface area contributed by atoms with Crippen LogP contribution in [0.1, 0.15) is 5.56 Å². The van der Waals surface area contributed by atoms with E-state index in [9.17, 15) is 0 Å². The molecule has 0 bridgehead atoms. The van der Waals surface area contributed by atoms with Crippen LogP contribution in [-0.4, -0.2) is 10.2 Å².